The Morgan fingerprint density at radius 3 is 2.12 bits per heavy atom. The van der Waals surface area contributed by atoms with Crippen LogP contribution in [-0.2, 0) is 4.79 Å². The smallest absolute Gasteiger partial charge is 0.322 e. The van der Waals surface area contributed by atoms with Gasteiger partial charge in [-0.1, -0.05) is 0 Å². The Kier molecular flexibility index (Phi) is 4.26. The minimum atomic E-state index is -0.797. The summed E-state index contributed by atoms with van der Waals surface area (Å²) in [6.45, 7) is 1.63. The highest BCUT2D eigenvalue weighted by atomic mass is 127. The molecule has 48 valence electrons. The predicted octanol–water partition coefficient (Wildman–Crippen LogP) is 1.46. The molecule has 0 aliphatic heterocycles. The molecule has 1 N–H and O–H groups in total. The number of carboxylic acids is 1. The maximum absolute atomic E-state index is 10.1. The first-order chi connectivity index (χ1) is 3.55. The van der Waals surface area contributed by atoms with Crippen molar-refractivity contribution < 1.29 is 9.90 Å². The molecule has 0 aliphatic carbocycles. The van der Waals surface area contributed by atoms with E-state index in [1.54, 1.807) is 8.25 Å². The zero-order valence-corrected chi connectivity index (χ0v) is 8.45. The summed E-state index contributed by atoms with van der Waals surface area (Å²) in [4.78, 5) is 10.1. The van der Waals surface area contributed by atoms with Crippen molar-refractivity contribution in [3.63, 3.8) is 0 Å². The summed E-state index contributed by atoms with van der Waals surface area (Å²) in [7, 11) is 0. The fraction of sp³-hybridized carbons (Fsp3) is 0.667. The number of carbonyl (C=O) groups is 1. The lowest BCUT2D eigenvalue weighted by Gasteiger charge is -2.08. The number of hydrogen-bond donors (Lipinski definition) is 1. The highest BCUT2D eigenvalue weighted by Gasteiger charge is 2.14. The van der Waals surface area contributed by atoms with Crippen LogP contribution in [0.2, 0.25) is 0 Å². The van der Waals surface area contributed by atoms with Gasteiger partial charge in [-0.3, -0.25) is 4.79 Å². The van der Waals surface area contributed by atoms with Crippen molar-refractivity contribution in [2.45, 2.75) is 13.0 Å². The van der Waals surface area contributed by atoms with E-state index in [1.165, 1.54) is 0 Å². The summed E-state index contributed by atoms with van der Waals surface area (Å²) in [5.41, 5.74) is 0. The molecule has 1 atom stereocenters. The van der Waals surface area contributed by atoms with E-state index in [0.29, 0.717) is 0 Å². The summed E-state index contributed by atoms with van der Waals surface area (Å²) in [5, 5.41) is 8.30. The van der Waals surface area contributed by atoms with Crippen LogP contribution in [0.3, 0.4) is 0 Å². The Balaban J connectivity index is 3.64. The number of aliphatic carboxylic acids is 1. The van der Waals surface area contributed by atoms with Crippen LogP contribution in [0.15, 0.2) is 0 Å². The van der Waals surface area contributed by atoms with Gasteiger partial charge in [0.2, 0.25) is 0 Å². The minimum Gasteiger partial charge on any atom is -0.480 e. The SMILES string of the molecule is C[C@@H](C(=O)O)N(I)I. The Labute approximate surface area is 75.4 Å². The second-order valence-corrected chi connectivity index (χ2v) is 5.20. The fourth-order valence-corrected chi connectivity index (χ4v) is 0.560. The molecule has 0 radical (unpaired) electrons. The van der Waals surface area contributed by atoms with Crippen molar-refractivity contribution in [3.8, 4) is 0 Å². The van der Waals surface area contributed by atoms with Crippen molar-refractivity contribution in [2.75, 3.05) is 0 Å². The standard InChI is InChI=1S/C3H5I2NO2/c1-2(3(7)8)6(4)5/h2H,1H3,(H,7,8)/t2-/m0/s1. The maximum Gasteiger partial charge on any atom is 0.322 e. The van der Waals surface area contributed by atoms with Gasteiger partial charge in [0.05, 0.1) is 0 Å². The number of carboxylic acid groups (broad SMARTS) is 1. The lowest BCUT2D eigenvalue weighted by molar-refractivity contribution is -0.139. The zero-order chi connectivity index (χ0) is 6.73. The van der Waals surface area contributed by atoms with Crippen LogP contribution >= 0.6 is 45.7 Å². The van der Waals surface area contributed by atoms with Crippen LogP contribution in [0.5, 0.6) is 0 Å². The molecule has 0 heterocycles. The molecule has 0 spiro atoms. The molecule has 0 fully saturated rings. The quantitative estimate of drug-likeness (QED) is 0.611. The van der Waals surface area contributed by atoms with Crippen LogP contribution in [0.4, 0.5) is 0 Å². The number of hydrogen-bond acceptors (Lipinski definition) is 2. The van der Waals surface area contributed by atoms with Crippen LogP contribution in [0.1, 0.15) is 6.92 Å². The van der Waals surface area contributed by atoms with Gasteiger partial charge in [-0.25, -0.2) is 0 Å². The molecule has 0 saturated carbocycles. The van der Waals surface area contributed by atoms with Gasteiger partial charge in [-0.15, -0.1) is 0 Å². The summed E-state index contributed by atoms with van der Waals surface area (Å²) < 4.78 is 1.58. The number of nitrogens with zero attached hydrogens (tertiary/aromatic N) is 1. The van der Waals surface area contributed by atoms with E-state index in [-0.39, 0.29) is 0 Å². The second kappa shape index (κ2) is 3.83. The third kappa shape index (κ3) is 3.02. The number of halogens is 2. The summed E-state index contributed by atoms with van der Waals surface area (Å²) >= 11 is 3.85. The Hall–Kier alpha value is 0.890. The van der Waals surface area contributed by atoms with Gasteiger partial charge < -0.3 is 5.11 Å². The van der Waals surface area contributed by atoms with Crippen molar-refractivity contribution in [1.29, 1.82) is 0 Å². The first kappa shape index (κ1) is 8.89. The van der Waals surface area contributed by atoms with Crippen molar-refractivity contribution in [3.05, 3.63) is 0 Å². The van der Waals surface area contributed by atoms with Crippen LogP contribution in [0, 0.1) is 0 Å². The van der Waals surface area contributed by atoms with Gasteiger partial charge in [0.1, 0.15) is 6.04 Å². The second-order valence-electron chi connectivity index (χ2n) is 1.27. The molecule has 0 saturated heterocycles. The monoisotopic (exact) mass is 341 g/mol. The first-order valence-corrected chi connectivity index (χ1v) is 3.82. The Bertz CT molecular complexity index is 95.3. The molecule has 0 amide bonds. The van der Waals surface area contributed by atoms with E-state index in [4.69, 9.17) is 5.11 Å². The van der Waals surface area contributed by atoms with Crippen molar-refractivity contribution >= 4 is 51.7 Å². The molecule has 0 unspecified atom stereocenters. The van der Waals surface area contributed by atoms with Gasteiger partial charge in [-0.05, 0) is 6.92 Å². The fourth-order valence-electron chi connectivity index (χ4n) is 0.0835. The van der Waals surface area contributed by atoms with E-state index in [2.05, 4.69) is 0 Å². The van der Waals surface area contributed by atoms with Gasteiger partial charge in [0, 0.05) is 45.7 Å². The number of rotatable bonds is 2. The average molecular weight is 341 g/mol. The molecule has 3 nitrogen and oxygen atoms in total. The van der Waals surface area contributed by atoms with Gasteiger partial charge in [-0.2, -0.15) is 1.33 Å². The highest BCUT2D eigenvalue weighted by Crippen LogP contribution is 2.12. The van der Waals surface area contributed by atoms with Crippen LogP contribution < -0.4 is 0 Å². The molecule has 0 rings (SSSR count). The van der Waals surface area contributed by atoms with Crippen molar-refractivity contribution in [2.24, 2.45) is 0 Å². The third-order valence-electron chi connectivity index (χ3n) is 0.650. The molecule has 8 heavy (non-hydrogen) atoms. The van der Waals surface area contributed by atoms with Gasteiger partial charge in [0.25, 0.3) is 0 Å². The largest absolute Gasteiger partial charge is 0.480 e. The van der Waals surface area contributed by atoms with Gasteiger partial charge >= 0.3 is 5.97 Å². The molecular weight excluding hydrogens is 336 g/mol. The molecular formula is C3H5I2NO2. The Morgan fingerprint density at radius 1 is 1.75 bits per heavy atom. The Morgan fingerprint density at radius 2 is 2.12 bits per heavy atom. The zero-order valence-electron chi connectivity index (χ0n) is 4.14. The summed E-state index contributed by atoms with van der Waals surface area (Å²) in [6, 6.07) is -0.406. The van der Waals surface area contributed by atoms with E-state index in [0.717, 1.165) is 0 Å². The molecule has 0 bridgehead atoms. The minimum absolute atomic E-state index is 0.406. The summed E-state index contributed by atoms with van der Waals surface area (Å²) in [6.07, 6.45) is 0. The third-order valence-corrected chi connectivity index (χ3v) is 2.32. The van der Waals surface area contributed by atoms with Gasteiger partial charge in [0.15, 0.2) is 0 Å². The lowest BCUT2D eigenvalue weighted by Crippen LogP contribution is -2.24. The average Bonchev–Trinajstić information content (AvgIpc) is 1.64. The van der Waals surface area contributed by atoms with Crippen molar-refractivity contribution in [1.82, 2.24) is 1.33 Å². The first-order valence-electron chi connectivity index (χ1n) is 1.89. The molecule has 0 aromatic heterocycles. The predicted molar refractivity (Wildman–Crippen MR) is 47.0 cm³/mol. The van der Waals surface area contributed by atoms with E-state index >= 15 is 0 Å². The molecule has 0 aromatic rings. The van der Waals surface area contributed by atoms with E-state index in [1.807, 2.05) is 45.7 Å². The maximum atomic E-state index is 10.1. The van der Waals surface area contributed by atoms with E-state index < -0.39 is 12.0 Å². The van der Waals surface area contributed by atoms with E-state index in [9.17, 15) is 4.79 Å². The normalized spacial score (nSPS) is 14.0. The molecule has 5 heteroatoms. The topological polar surface area (TPSA) is 40.5 Å². The lowest BCUT2D eigenvalue weighted by atomic mass is 10.4. The summed E-state index contributed by atoms with van der Waals surface area (Å²) in [5.74, 6) is -0.797. The van der Waals surface area contributed by atoms with Crippen LogP contribution in [0.25, 0.3) is 0 Å². The molecule has 0 aromatic carbocycles. The van der Waals surface area contributed by atoms with Crippen LogP contribution in [-0.4, -0.2) is 18.4 Å². The highest BCUT2D eigenvalue weighted by molar-refractivity contribution is 14.2. The molecule has 0 aliphatic rings.